The second kappa shape index (κ2) is 8.45. The SMILES string of the molecule is CCC(CCc1ccc(O)cc1)NC(=O)C(O)c1ccccc1F. The number of hydrogen-bond acceptors (Lipinski definition) is 3. The molecule has 2 rings (SSSR count). The normalized spacial score (nSPS) is 13.3. The zero-order valence-corrected chi connectivity index (χ0v) is 13.6. The number of aliphatic hydroxyl groups is 1. The van der Waals surface area contributed by atoms with Crippen LogP contribution in [-0.4, -0.2) is 22.2 Å². The summed E-state index contributed by atoms with van der Waals surface area (Å²) in [6, 6.07) is 12.5. The largest absolute Gasteiger partial charge is 0.508 e. The first-order valence-electron chi connectivity index (χ1n) is 8.02. The molecule has 1 amide bonds. The molecule has 3 N–H and O–H groups in total. The first-order chi connectivity index (χ1) is 11.5. The third kappa shape index (κ3) is 4.80. The van der Waals surface area contributed by atoms with Crippen LogP contribution in [0.15, 0.2) is 48.5 Å². The maximum absolute atomic E-state index is 13.7. The lowest BCUT2D eigenvalue weighted by Crippen LogP contribution is -2.38. The van der Waals surface area contributed by atoms with Crippen molar-refractivity contribution in [2.45, 2.75) is 38.3 Å². The van der Waals surface area contributed by atoms with E-state index in [0.29, 0.717) is 12.8 Å². The Morgan fingerprint density at radius 2 is 1.83 bits per heavy atom. The highest BCUT2D eigenvalue weighted by atomic mass is 19.1. The molecule has 0 spiro atoms. The van der Waals surface area contributed by atoms with Crippen LogP contribution >= 0.6 is 0 Å². The van der Waals surface area contributed by atoms with Gasteiger partial charge in [-0.05, 0) is 43.0 Å². The highest BCUT2D eigenvalue weighted by Gasteiger charge is 2.22. The van der Waals surface area contributed by atoms with Crippen LogP contribution in [0.1, 0.15) is 37.0 Å². The van der Waals surface area contributed by atoms with Gasteiger partial charge in [-0.3, -0.25) is 4.79 Å². The lowest BCUT2D eigenvalue weighted by molar-refractivity contribution is -0.130. The number of aromatic hydroxyl groups is 1. The number of nitrogens with one attached hydrogen (secondary N) is 1. The summed E-state index contributed by atoms with van der Waals surface area (Å²) in [4.78, 5) is 12.2. The van der Waals surface area contributed by atoms with Gasteiger partial charge in [-0.15, -0.1) is 0 Å². The number of carbonyl (C=O) groups is 1. The van der Waals surface area contributed by atoms with Crippen molar-refractivity contribution in [2.75, 3.05) is 0 Å². The van der Waals surface area contributed by atoms with Crippen molar-refractivity contribution >= 4 is 5.91 Å². The topological polar surface area (TPSA) is 69.6 Å². The van der Waals surface area contributed by atoms with Crippen LogP contribution in [0.4, 0.5) is 4.39 Å². The molecule has 0 aliphatic rings. The van der Waals surface area contributed by atoms with Gasteiger partial charge in [-0.25, -0.2) is 4.39 Å². The van der Waals surface area contributed by atoms with Gasteiger partial charge in [0, 0.05) is 11.6 Å². The Hall–Kier alpha value is -2.40. The molecular formula is C19H22FNO3. The summed E-state index contributed by atoms with van der Waals surface area (Å²) in [5.41, 5.74) is 1.03. The summed E-state index contributed by atoms with van der Waals surface area (Å²) < 4.78 is 13.7. The van der Waals surface area contributed by atoms with Gasteiger partial charge in [0.25, 0.3) is 5.91 Å². The van der Waals surface area contributed by atoms with Gasteiger partial charge in [0.15, 0.2) is 6.10 Å². The second-order valence-electron chi connectivity index (χ2n) is 5.74. The van der Waals surface area contributed by atoms with E-state index in [1.165, 1.54) is 18.2 Å². The average Bonchev–Trinajstić information content (AvgIpc) is 2.59. The molecule has 24 heavy (non-hydrogen) atoms. The Balaban J connectivity index is 1.92. The molecule has 2 unspecified atom stereocenters. The quantitative estimate of drug-likeness (QED) is 0.730. The van der Waals surface area contributed by atoms with Crippen LogP contribution in [0.25, 0.3) is 0 Å². The van der Waals surface area contributed by atoms with Gasteiger partial charge >= 0.3 is 0 Å². The number of amides is 1. The van der Waals surface area contributed by atoms with E-state index < -0.39 is 17.8 Å². The third-order valence-electron chi connectivity index (χ3n) is 4.01. The van der Waals surface area contributed by atoms with Crippen molar-refractivity contribution in [2.24, 2.45) is 0 Å². The Kier molecular flexibility index (Phi) is 6.32. The molecule has 2 atom stereocenters. The fraction of sp³-hybridized carbons (Fsp3) is 0.316. The molecule has 0 heterocycles. The number of phenols is 1. The maximum atomic E-state index is 13.7. The first-order valence-corrected chi connectivity index (χ1v) is 8.02. The van der Waals surface area contributed by atoms with Gasteiger partial charge in [0.2, 0.25) is 0 Å². The molecule has 2 aromatic carbocycles. The van der Waals surface area contributed by atoms with E-state index in [2.05, 4.69) is 5.32 Å². The van der Waals surface area contributed by atoms with E-state index in [1.54, 1.807) is 18.2 Å². The van der Waals surface area contributed by atoms with Crippen molar-refractivity contribution in [3.63, 3.8) is 0 Å². The van der Waals surface area contributed by atoms with E-state index >= 15 is 0 Å². The summed E-state index contributed by atoms with van der Waals surface area (Å²) in [5.74, 6) is -0.984. The van der Waals surface area contributed by atoms with Gasteiger partial charge in [-0.1, -0.05) is 37.3 Å². The molecule has 0 aliphatic carbocycles. The molecule has 128 valence electrons. The Morgan fingerprint density at radius 1 is 1.17 bits per heavy atom. The van der Waals surface area contributed by atoms with Crippen LogP contribution in [0.3, 0.4) is 0 Å². The fourth-order valence-electron chi connectivity index (χ4n) is 2.50. The third-order valence-corrected chi connectivity index (χ3v) is 4.01. The van der Waals surface area contributed by atoms with Crippen LogP contribution in [-0.2, 0) is 11.2 Å². The minimum absolute atomic E-state index is 0.0246. The van der Waals surface area contributed by atoms with Crippen molar-refractivity contribution in [1.82, 2.24) is 5.32 Å². The van der Waals surface area contributed by atoms with E-state index in [1.807, 2.05) is 19.1 Å². The summed E-state index contributed by atoms with van der Waals surface area (Å²) in [7, 11) is 0. The minimum atomic E-state index is -1.52. The summed E-state index contributed by atoms with van der Waals surface area (Å²) in [6.07, 6.45) is 0.605. The Bertz CT molecular complexity index is 673. The first kappa shape index (κ1) is 17.9. The van der Waals surface area contributed by atoms with Crippen LogP contribution in [0.2, 0.25) is 0 Å². The number of hydrogen-bond donors (Lipinski definition) is 3. The number of carbonyl (C=O) groups excluding carboxylic acids is 1. The average molecular weight is 331 g/mol. The molecule has 2 aromatic rings. The predicted molar refractivity (Wildman–Crippen MR) is 90.0 cm³/mol. The molecule has 0 aromatic heterocycles. The number of aryl methyl sites for hydroxylation is 1. The van der Waals surface area contributed by atoms with E-state index in [9.17, 15) is 19.4 Å². The standard InChI is InChI=1S/C19H22FNO3/c1-2-14(10-7-13-8-11-15(22)12-9-13)21-19(24)18(23)16-5-3-4-6-17(16)20/h3-6,8-9,11-12,14,18,22-23H,2,7,10H2,1H3,(H,21,24). The van der Waals surface area contributed by atoms with E-state index in [0.717, 1.165) is 12.0 Å². The lowest BCUT2D eigenvalue weighted by atomic mass is 10.0. The molecule has 0 aliphatic heterocycles. The maximum Gasteiger partial charge on any atom is 0.253 e. The Labute approximate surface area is 141 Å². The fourth-order valence-corrected chi connectivity index (χ4v) is 2.50. The van der Waals surface area contributed by atoms with Crippen LogP contribution in [0.5, 0.6) is 5.75 Å². The smallest absolute Gasteiger partial charge is 0.253 e. The predicted octanol–water partition coefficient (Wildman–Crippen LogP) is 3.09. The Morgan fingerprint density at radius 3 is 2.46 bits per heavy atom. The van der Waals surface area contributed by atoms with Crippen molar-refractivity contribution in [3.8, 4) is 5.75 Å². The summed E-state index contributed by atoms with van der Waals surface area (Å²) in [5, 5.41) is 22.1. The van der Waals surface area contributed by atoms with E-state index in [-0.39, 0.29) is 17.4 Å². The van der Waals surface area contributed by atoms with Crippen molar-refractivity contribution in [3.05, 3.63) is 65.5 Å². The van der Waals surface area contributed by atoms with Gasteiger partial charge in [0.05, 0.1) is 0 Å². The summed E-state index contributed by atoms with van der Waals surface area (Å²) in [6.45, 7) is 1.94. The molecule has 0 bridgehead atoms. The van der Waals surface area contributed by atoms with Crippen LogP contribution < -0.4 is 5.32 Å². The zero-order valence-electron chi connectivity index (χ0n) is 13.6. The number of rotatable bonds is 7. The van der Waals surface area contributed by atoms with E-state index in [4.69, 9.17) is 0 Å². The molecule has 4 nitrogen and oxygen atoms in total. The molecule has 0 fully saturated rings. The molecule has 0 radical (unpaired) electrons. The van der Waals surface area contributed by atoms with Gasteiger partial charge < -0.3 is 15.5 Å². The molecule has 5 heteroatoms. The highest BCUT2D eigenvalue weighted by Crippen LogP contribution is 2.18. The van der Waals surface area contributed by atoms with Crippen LogP contribution in [0, 0.1) is 5.82 Å². The van der Waals surface area contributed by atoms with Crippen molar-refractivity contribution in [1.29, 1.82) is 0 Å². The summed E-state index contributed by atoms with van der Waals surface area (Å²) >= 11 is 0. The number of benzene rings is 2. The lowest BCUT2D eigenvalue weighted by Gasteiger charge is -2.20. The van der Waals surface area contributed by atoms with Gasteiger partial charge in [0.1, 0.15) is 11.6 Å². The molecular weight excluding hydrogens is 309 g/mol. The number of halogens is 1. The minimum Gasteiger partial charge on any atom is -0.508 e. The molecule has 0 saturated carbocycles. The van der Waals surface area contributed by atoms with Crippen molar-refractivity contribution < 1.29 is 19.4 Å². The number of aliphatic hydroxyl groups excluding tert-OH is 1. The monoisotopic (exact) mass is 331 g/mol. The number of phenolic OH excluding ortho intramolecular Hbond substituents is 1. The second-order valence-corrected chi connectivity index (χ2v) is 5.74. The highest BCUT2D eigenvalue weighted by molar-refractivity contribution is 5.82. The van der Waals surface area contributed by atoms with Gasteiger partial charge in [-0.2, -0.15) is 0 Å². The molecule has 0 saturated heterocycles. The zero-order chi connectivity index (χ0) is 17.5.